The molecule has 3 rings (SSSR count). The number of nitrogens with one attached hydrogen (secondary N) is 1. The predicted molar refractivity (Wildman–Crippen MR) is 133 cm³/mol. The summed E-state index contributed by atoms with van der Waals surface area (Å²) in [5, 5.41) is 20.9. The summed E-state index contributed by atoms with van der Waals surface area (Å²) in [6, 6.07) is 14.1. The molecule has 34 heavy (non-hydrogen) atoms. The van der Waals surface area contributed by atoms with Crippen LogP contribution in [0, 0.1) is 0 Å². The number of hydrogen-bond donors (Lipinski definition) is 2. The van der Waals surface area contributed by atoms with Gasteiger partial charge < -0.3 is 15.2 Å². The van der Waals surface area contributed by atoms with Crippen LogP contribution in [0.5, 0.6) is 5.75 Å². The minimum absolute atomic E-state index is 0.0818. The van der Waals surface area contributed by atoms with E-state index in [2.05, 4.69) is 35.9 Å². The lowest BCUT2D eigenvalue weighted by atomic mass is 10.0. The van der Waals surface area contributed by atoms with Gasteiger partial charge in [0.25, 0.3) is 0 Å². The van der Waals surface area contributed by atoms with Gasteiger partial charge >= 0.3 is 5.97 Å². The number of nitrogens with zero attached hydrogens (tertiary/aromatic N) is 3. The van der Waals surface area contributed by atoms with E-state index in [1.54, 1.807) is 18.2 Å². The van der Waals surface area contributed by atoms with Gasteiger partial charge in [0.1, 0.15) is 5.75 Å². The topological polar surface area (TPSA) is 106 Å². The Kier molecular flexibility index (Phi) is 8.48. The number of carboxylic acid groups (broad SMARTS) is 1. The summed E-state index contributed by atoms with van der Waals surface area (Å²) in [6.07, 6.45) is 1.37. The third-order valence-electron chi connectivity index (χ3n) is 5.01. The minimum atomic E-state index is -1.05. The molecule has 0 aliphatic heterocycles. The summed E-state index contributed by atoms with van der Waals surface area (Å²) in [7, 11) is 0. The molecule has 0 saturated carbocycles. The van der Waals surface area contributed by atoms with Gasteiger partial charge in [-0.1, -0.05) is 49.9 Å². The van der Waals surface area contributed by atoms with Crippen molar-refractivity contribution >= 4 is 29.3 Å². The van der Waals surface area contributed by atoms with Crippen molar-refractivity contribution in [1.29, 1.82) is 0 Å². The number of anilines is 1. The fourth-order valence-corrected chi connectivity index (χ4v) is 4.01. The average Bonchev–Trinajstić information content (AvgIpc) is 3.21. The van der Waals surface area contributed by atoms with Crippen LogP contribution < -0.4 is 10.1 Å². The maximum atomic E-state index is 12.4. The fraction of sp³-hybridized carbons (Fsp3) is 0.280. The van der Waals surface area contributed by atoms with Gasteiger partial charge in [0, 0.05) is 12.2 Å². The van der Waals surface area contributed by atoms with Crippen molar-refractivity contribution in [3.05, 3.63) is 78.1 Å². The summed E-state index contributed by atoms with van der Waals surface area (Å²) < 4.78 is 7.94. The number of amides is 1. The van der Waals surface area contributed by atoms with Crippen LogP contribution >= 0.6 is 11.8 Å². The summed E-state index contributed by atoms with van der Waals surface area (Å²) in [5.74, 6) is 0.560. The lowest BCUT2D eigenvalue weighted by molar-refractivity contribution is -0.113. The van der Waals surface area contributed by atoms with Crippen LogP contribution in [0.1, 0.15) is 54.5 Å². The van der Waals surface area contributed by atoms with Gasteiger partial charge in [0.05, 0.1) is 11.3 Å². The lowest BCUT2D eigenvalue weighted by Crippen LogP contribution is -2.16. The SMILES string of the molecule is C=CCn1c(SCC(=O)Nc2cccc(C(=O)O)c2)nnc1C(C)Oc1ccc(C(C)C)cc1. The predicted octanol–water partition coefficient (Wildman–Crippen LogP) is 5.16. The van der Waals surface area contributed by atoms with E-state index in [-0.39, 0.29) is 23.3 Å². The molecule has 0 radical (unpaired) electrons. The fourth-order valence-electron chi connectivity index (χ4n) is 3.25. The zero-order valence-electron chi connectivity index (χ0n) is 19.4. The van der Waals surface area contributed by atoms with E-state index in [9.17, 15) is 9.59 Å². The average molecular weight is 481 g/mol. The highest BCUT2D eigenvalue weighted by Gasteiger charge is 2.20. The van der Waals surface area contributed by atoms with Crippen molar-refractivity contribution in [3.8, 4) is 5.75 Å². The van der Waals surface area contributed by atoms with E-state index >= 15 is 0 Å². The number of allylic oxidation sites excluding steroid dienone is 1. The first-order valence-corrected chi connectivity index (χ1v) is 11.8. The van der Waals surface area contributed by atoms with Gasteiger partial charge in [-0.2, -0.15) is 0 Å². The Bertz CT molecular complexity index is 1160. The number of thioether (sulfide) groups is 1. The number of aromatic nitrogens is 3. The molecule has 2 N–H and O–H groups in total. The Morgan fingerprint density at radius 1 is 1.18 bits per heavy atom. The highest BCUT2D eigenvalue weighted by molar-refractivity contribution is 7.99. The summed E-state index contributed by atoms with van der Waals surface area (Å²) >= 11 is 1.23. The van der Waals surface area contributed by atoms with E-state index in [1.807, 2.05) is 35.8 Å². The number of carbonyl (C=O) groups is 2. The van der Waals surface area contributed by atoms with Crippen molar-refractivity contribution in [3.63, 3.8) is 0 Å². The molecule has 0 spiro atoms. The maximum Gasteiger partial charge on any atom is 0.335 e. The van der Waals surface area contributed by atoms with Gasteiger partial charge in [-0.3, -0.25) is 9.36 Å². The number of ether oxygens (including phenoxy) is 1. The van der Waals surface area contributed by atoms with Gasteiger partial charge in [0.2, 0.25) is 5.91 Å². The number of carbonyl (C=O) groups excluding carboxylic acids is 1. The third-order valence-corrected chi connectivity index (χ3v) is 5.97. The first-order chi connectivity index (χ1) is 16.3. The van der Waals surface area contributed by atoms with E-state index in [0.29, 0.717) is 29.1 Å². The largest absolute Gasteiger partial charge is 0.483 e. The first kappa shape index (κ1) is 25.0. The highest BCUT2D eigenvalue weighted by Crippen LogP contribution is 2.26. The Hall–Kier alpha value is -3.59. The number of aromatic carboxylic acids is 1. The molecule has 0 aliphatic carbocycles. The molecular formula is C25H28N4O4S. The van der Waals surface area contributed by atoms with E-state index < -0.39 is 5.97 Å². The van der Waals surface area contributed by atoms with Gasteiger partial charge in [-0.05, 0) is 48.7 Å². The van der Waals surface area contributed by atoms with Crippen LogP contribution in [0.4, 0.5) is 5.69 Å². The number of rotatable bonds is 11. The second-order valence-electron chi connectivity index (χ2n) is 7.95. The number of benzene rings is 2. The van der Waals surface area contributed by atoms with Crippen LogP contribution in [0.3, 0.4) is 0 Å². The molecule has 178 valence electrons. The maximum absolute atomic E-state index is 12.4. The molecule has 0 saturated heterocycles. The van der Waals surface area contributed by atoms with Gasteiger partial charge in [-0.25, -0.2) is 4.79 Å². The minimum Gasteiger partial charge on any atom is -0.483 e. The molecule has 2 aromatic carbocycles. The van der Waals surface area contributed by atoms with E-state index in [0.717, 1.165) is 5.75 Å². The molecule has 3 aromatic rings. The lowest BCUT2D eigenvalue weighted by Gasteiger charge is -2.16. The Labute approximate surface area is 203 Å². The smallest absolute Gasteiger partial charge is 0.335 e. The Balaban J connectivity index is 1.65. The second-order valence-corrected chi connectivity index (χ2v) is 8.89. The van der Waals surface area contributed by atoms with Crippen molar-refractivity contribution in [2.24, 2.45) is 0 Å². The quantitative estimate of drug-likeness (QED) is 0.288. The zero-order chi connectivity index (χ0) is 24.7. The van der Waals surface area contributed by atoms with E-state index in [1.165, 1.54) is 29.5 Å². The molecule has 1 heterocycles. The van der Waals surface area contributed by atoms with Crippen molar-refractivity contribution in [2.75, 3.05) is 11.1 Å². The molecule has 1 unspecified atom stereocenters. The van der Waals surface area contributed by atoms with Crippen LogP contribution in [0.2, 0.25) is 0 Å². The third kappa shape index (κ3) is 6.48. The van der Waals surface area contributed by atoms with Crippen LogP contribution in [-0.4, -0.2) is 37.5 Å². The molecule has 0 bridgehead atoms. The van der Waals surface area contributed by atoms with E-state index in [4.69, 9.17) is 9.84 Å². The Morgan fingerprint density at radius 3 is 2.56 bits per heavy atom. The van der Waals surface area contributed by atoms with Crippen molar-refractivity contribution < 1.29 is 19.4 Å². The number of hydrogen-bond acceptors (Lipinski definition) is 6. The van der Waals surface area contributed by atoms with Crippen LogP contribution in [-0.2, 0) is 11.3 Å². The molecule has 9 heteroatoms. The molecule has 1 aromatic heterocycles. The summed E-state index contributed by atoms with van der Waals surface area (Å²) in [6.45, 7) is 10.5. The second kappa shape index (κ2) is 11.5. The molecule has 1 amide bonds. The normalized spacial score (nSPS) is 11.8. The molecule has 0 fully saturated rings. The van der Waals surface area contributed by atoms with Crippen molar-refractivity contribution in [1.82, 2.24) is 14.8 Å². The van der Waals surface area contributed by atoms with Crippen LogP contribution in [0.25, 0.3) is 0 Å². The first-order valence-electron chi connectivity index (χ1n) is 10.8. The Morgan fingerprint density at radius 2 is 1.91 bits per heavy atom. The molecule has 0 aliphatic rings. The monoisotopic (exact) mass is 480 g/mol. The highest BCUT2D eigenvalue weighted by atomic mass is 32.2. The van der Waals surface area contributed by atoms with Gasteiger partial charge in [-0.15, -0.1) is 16.8 Å². The standard InChI is InChI=1S/C25H28N4O4S/c1-5-13-29-23(17(4)33-21-11-9-18(10-12-21)16(2)3)27-28-25(29)34-15-22(30)26-20-8-6-7-19(14-20)24(31)32/h5-12,14,16-17H,1,13,15H2,2-4H3,(H,26,30)(H,31,32). The zero-order valence-corrected chi connectivity index (χ0v) is 20.2. The number of carboxylic acids is 1. The van der Waals surface area contributed by atoms with Crippen LogP contribution in [0.15, 0.2) is 66.3 Å². The molecular weight excluding hydrogens is 452 g/mol. The molecule has 1 atom stereocenters. The summed E-state index contributed by atoms with van der Waals surface area (Å²) in [5.41, 5.74) is 1.76. The summed E-state index contributed by atoms with van der Waals surface area (Å²) in [4.78, 5) is 23.5. The van der Waals surface area contributed by atoms with Gasteiger partial charge in [0.15, 0.2) is 17.1 Å². The van der Waals surface area contributed by atoms with Crippen molar-refractivity contribution in [2.45, 2.75) is 44.5 Å². The molecule has 8 nitrogen and oxygen atoms in total.